The van der Waals surface area contributed by atoms with Gasteiger partial charge in [-0.2, -0.15) is 4.99 Å². The lowest BCUT2D eigenvalue weighted by Gasteiger charge is -2.04. The normalized spacial score (nSPS) is 11.6. The summed E-state index contributed by atoms with van der Waals surface area (Å²) in [6.07, 6.45) is 4.85. The molecule has 0 N–H and O–H groups in total. The van der Waals surface area contributed by atoms with Gasteiger partial charge in [-0.3, -0.25) is 9.78 Å². The van der Waals surface area contributed by atoms with E-state index in [0.717, 1.165) is 0 Å². The first kappa shape index (κ1) is 14.3. The van der Waals surface area contributed by atoms with E-state index in [9.17, 15) is 9.18 Å². The lowest BCUT2D eigenvalue weighted by Crippen LogP contribution is -2.17. The summed E-state index contributed by atoms with van der Waals surface area (Å²) in [5.41, 5.74) is 0.976. The molecule has 1 amide bonds. The minimum Gasteiger partial charge on any atom is -0.319 e. The van der Waals surface area contributed by atoms with Gasteiger partial charge in [-0.25, -0.2) is 4.39 Å². The van der Waals surface area contributed by atoms with Crippen LogP contribution in [-0.4, -0.2) is 15.5 Å². The third-order valence-corrected chi connectivity index (χ3v) is 3.86. The van der Waals surface area contributed by atoms with Crippen molar-refractivity contribution in [3.63, 3.8) is 0 Å². The molecule has 0 radical (unpaired) electrons. The van der Waals surface area contributed by atoms with Gasteiger partial charge < -0.3 is 4.57 Å². The van der Waals surface area contributed by atoms with E-state index in [1.807, 2.05) is 5.38 Å². The Bertz CT molecular complexity index is 855. The van der Waals surface area contributed by atoms with E-state index < -0.39 is 0 Å². The number of aromatic nitrogens is 2. The second kappa shape index (κ2) is 6.44. The van der Waals surface area contributed by atoms with Gasteiger partial charge >= 0.3 is 0 Å². The molecule has 0 spiro atoms. The van der Waals surface area contributed by atoms with Crippen LogP contribution in [0.4, 0.5) is 4.39 Å². The monoisotopic (exact) mass is 313 g/mol. The number of thiazole rings is 1. The largest absolute Gasteiger partial charge is 0.319 e. The summed E-state index contributed by atoms with van der Waals surface area (Å²) in [6, 6.07) is 9.90. The zero-order valence-electron chi connectivity index (χ0n) is 11.5. The summed E-state index contributed by atoms with van der Waals surface area (Å²) in [4.78, 5) is 20.6. The Hall–Kier alpha value is -2.60. The van der Waals surface area contributed by atoms with Crippen molar-refractivity contribution in [3.8, 4) is 0 Å². The van der Waals surface area contributed by atoms with Crippen molar-refractivity contribution in [2.45, 2.75) is 6.54 Å². The molecule has 2 heterocycles. The number of amides is 1. The number of carbonyl (C=O) groups is 1. The highest BCUT2D eigenvalue weighted by atomic mass is 32.1. The van der Waals surface area contributed by atoms with E-state index in [1.165, 1.54) is 23.6 Å². The lowest BCUT2D eigenvalue weighted by molar-refractivity contribution is 0.0997. The highest BCUT2D eigenvalue weighted by molar-refractivity contribution is 7.07. The Kier molecular flexibility index (Phi) is 4.20. The average molecular weight is 313 g/mol. The molecule has 3 rings (SSSR count). The van der Waals surface area contributed by atoms with Crippen LogP contribution in [0.1, 0.15) is 15.9 Å². The predicted molar refractivity (Wildman–Crippen MR) is 81.9 cm³/mol. The van der Waals surface area contributed by atoms with Gasteiger partial charge in [-0.15, -0.1) is 11.3 Å². The topological polar surface area (TPSA) is 47.2 Å². The molecule has 0 atom stereocenters. The third kappa shape index (κ3) is 3.17. The SMILES string of the molecule is O=C(N=c1sccn1Cc1ccccc1F)c1cccnc1. The van der Waals surface area contributed by atoms with E-state index >= 15 is 0 Å². The predicted octanol–water partition coefficient (Wildman–Crippen LogP) is 2.87. The molecule has 0 aliphatic heterocycles. The molecule has 0 fully saturated rings. The van der Waals surface area contributed by atoms with E-state index in [0.29, 0.717) is 22.5 Å². The molecule has 0 aliphatic carbocycles. The zero-order valence-corrected chi connectivity index (χ0v) is 12.3. The summed E-state index contributed by atoms with van der Waals surface area (Å²) in [5.74, 6) is -0.636. The van der Waals surface area contributed by atoms with Crippen LogP contribution >= 0.6 is 11.3 Å². The van der Waals surface area contributed by atoms with Crippen molar-refractivity contribution < 1.29 is 9.18 Å². The van der Waals surface area contributed by atoms with Gasteiger partial charge in [0.1, 0.15) is 5.82 Å². The van der Waals surface area contributed by atoms with Crippen LogP contribution in [0.15, 0.2) is 65.4 Å². The molecule has 0 aliphatic rings. The molecular weight excluding hydrogens is 301 g/mol. The molecule has 4 nitrogen and oxygen atoms in total. The molecule has 2 aromatic heterocycles. The molecule has 3 aromatic rings. The number of hydrogen-bond acceptors (Lipinski definition) is 3. The summed E-state index contributed by atoms with van der Waals surface area (Å²) >= 11 is 1.33. The van der Waals surface area contributed by atoms with Crippen molar-refractivity contribution in [2.24, 2.45) is 4.99 Å². The van der Waals surface area contributed by atoms with Crippen LogP contribution in [-0.2, 0) is 6.54 Å². The number of hydrogen-bond donors (Lipinski definition) is 0. The first-order chi connectivity index (χ1) is 10.7. The van der Waals surface area contributed by atoms with E-state index in [4.69, 9.17) is 0 Å². The molecule has 0 bridgehead atoms. The van der Waals surface area contributed by atoms with Gasteiger partial charge in [-0.05, 0) is 18.2 Å². The smallest absolute Gasteiger partial charge is 0.281 e. The number of pyridine rings is 1. The summed E-state index contributed by atoms with van der Waals surface area (Å²) < 4.78 is 15.5. The van der Waals surface area contributed by atoms with Crippen LogP contribution in [0.2, 0.25) is 0 Å². The Labute approximate surface area is 130 Å². The maximum atomic E-state index is 13.7. The number of benzene rings is 1. The first-order valence-electron chi connectivity index (χ1n) is 6.60. The average Bonchev–Trinajstić information content (AvgIpc) is 2.97. The van der Waals surface area contributed by atoms with Crippen molar-refractivity contribution in [1.29, 1.82) is 0 Å². The molecule has 110 valence electrons. The van der Waals surface area contributed by atoms with Gasteiger partial charge in [0.15, 0.2) is 4.80 Å². The van der Waals surface area contributed by atoms with E-state index in [-0.39, 0.29) is 11.7 Å². The van der Waals surface area contributed by atoms with Gasteiger partial charge in [0.2, 0.25) is 0 Å². The fourth-order valence-electron chi connectivity index (χ4n) is 1.96. The summed E-state index contributed by atoms with van der Waals surface area (Å²) in [6.45, 7) is 0.329. The van der Waals surface area contributed by atoms with Crippen molar-refractivity contribution >= 4 is 17.2 Å². The van der Waals surface area contributed by atoms with Gasteiger partial charge in [-0.1, -0.05) is 18.2 Å². The molecule has 22 heavy (non-hydrogen) atoms. The summed E-state index contributed by atoms with van der Waals surface area (Å²) in [7, 11) is 0. The van der Waals surface area contributed by atoms with Gasteiger partial charge in [0.05, 0.1) is 12.1 Å². The number of rotatable bonds is 3. The minimum absolute atomic E-state index is 0.272. The van der Waals surface area contributed by atoms with Crippen molar-refractivity contribution in [2.75, 3.05) is 0 Å². The minimum atomic E-state index is -0.363. The molecule has 0 saturated carbocycles. The van der Waals surface area contributed by atoms with Crippen LogP contribution < -0.4 is 4.80 Å². The Morgan fingerprint density at radius 3 is 2.91 bits per heavy atom. The number of nitrogens with zero attached hydrogens (tertiary/aromatic N) is 3. The fraction of sp³-hybridized carbons (Fsp3) is 0.0625. The fourth-order valence-corrected chi connectivity index (χ4v) is 2.68. The molecule has 1 aromatic carbocycles. The first-order valence-corrected chi connectivity index (χ1v) is 7.48. The van der Waals surface area contributed by atoms with Crippen molar-refractivity contribution in [3.05, 3.63) is 82.1 Å². The van der Waals surface area contributed by atoms with Crippen LogP contribution in [0.5, 0.6) is 0 Å². The second-order valence-electron chi connectivity index (χ2n) is 4.56. The highest BCUT2D eigenvalue weighted by Gasteiger charge is 2.06. The standard InChI is InChI=1S/C16H12FN3OS/c17-14-6-2-1-4-13(14)11-20-8-9-22-16(20)19-15(21)12-5-3-7-18-10-12/h1-10H,11H2. The zero-order chi connectivity index (χ0) is 15.4. The summed E-state index contributed by atoms with van der Waals surface area (Å²) in [5, 5.41) is 1.82. The number of carbonyl (C=O) groups excluding carboxylic acids is 1. The van der Waals surface area contributed by atoms with Crippen LogP contribution in [0, 0.1) is 5.82 Å². The molecular formula is C16H12FN3OS. The Morgan fingerprint density at radius 1 is 1.27 bits per heavy atom. The quantitative estimate of drug-likeness (QED) is 0.746. The number of halogens is 1. The van der Waals surface area contributed by atoms with Crippen LogP contribution in [0.3, 0.4) is 0 Å². The lowest BCUT2D eigenvalue weighted by atomic mass is 10.2. The Morgan fingerprint density at radius 2 is 2.14 bits per heavy atom. The second-order valence-corrected chi connectivity index (χ2v) is 5.44. The van der Waals surface area contributed by atoms with E-state index in [2.05, 4.69) is 9.98 Å². The Balaban J connectivity index is 1.91. The third-order valence-electron chi connectivity index (χ3n) is 3.06. The molecule has 0 saturated heterocycles. The maximum Gasteiger partial charge on any atom is 0.281 e. The maximum absolute atomic E-state index is 13.7. The van der Waals surface area contributed by atoms with Gasteiger partial charge in [0, 0.05) is 29.5 Å². The molecule has 0 unspecified atom stereocenters. The highest BCUT2D eigenvalue weighted by Crippen LogP contribution is 2.08. The van der Waals surface area contributed by atoms with Crippen LogP contribution in [0.25, 0.3) is 0 Å². The van der Waals surface area contributed by atoms with E-state index in [1.54, 1.807) is 47.3 Å². The van der Waals surface area contributed by atoms with Gasteiger partial charge in [0.25, 0.3) is 5.91 Å². The molecule has 6 heteroatoms. The van der Waals surface area contributed by atoms with Crippen molar-refractivity contribution in [1.82, 2.24) is 9.55 Å².